The van der Waals surface area contributed by atoms with E-state index in [-0.39, 0.29) is 0 Å². The van der Waals surface area contributed by atoms with E-state index < -0.39 is 0 Å². The predicted molar refractivity (Wildman–Crippen MR) is 92.3 cm³/mol. The molecular weight excluding hydrogens is 282 g/mol. The number of rotatable bonds is 8. The number of nitrogens with zero attached hydrogens (tertiary/aromatic N) is 2. The summed E-state index contributed by atoms with van der Waals surface area (Å²) in [6.45, 7) is 5.05. The highest BCUT2D eigenvalue weighted by Crippen LogP contribution is 2.32. The first-order chi connectivity index (χ1) is 10.2. The summed E-state index contributed by atoms with van der Waals surface area (Å²) in [5, 5.41) is 4.22. The van der Waals surface area contributed by atoms with Crippen molar-refractivity contribution in [3.63, 3.8) is 0 Å². The molecule has 0 spiro atoms. The van der Waals surface area contributed by atoms with Crippen LogP contribution in [0, 0.1) is 5.92 Å². The normalized spacial score (nSPS) is 19.4. The van der Waals surface area contributed by atoms with Gasteiger partial charge >= 0.3 is 0 Å². The van der Waals surface area contributed by atoms with Crippen LogP contribution in [0.4, 0.5) is 11.4 Å². The Labute approximate surface area is 132 Å². The summed E-state index contributed by atoms with van der Waals surface area (Å²) < 4.78 is 5.68. The molecule has 0 radical (unpaired) electrons. The summed E-state index contributed by atoms with van der Waals surface area (Å²) in [6, 6.07) is 0. The summed E-state index contributed by atoms with van der Waals surface area (Å²) in [7, 11) is 4.16. The number of anilines is 2. The third kappa shape index (κ3) is 5.49. The number of thiophene rings is 1. The zero-order valence-corrected chi connectivity index (χ0v) is 14.2. The van der Waals surface area contributed by atoms with E-state index in [1.54, 1.807) is 11.3 Å². The van der Waals surface area contributed by atoms with Gasteiger partial charge in [-0.3, -0.25) is 0 Å². The van der Waals surface area contributed by atoms with E-state index in [2.05, 4.69) is 29.3 Å². The van der Waals surface area contributed by atoms with Crippen LogP contribution in [0.1, 0.15) is 25.7 Å². The van der Waals surface area contributed by atoms with Gasteiger partial charge in [0.15, 0.2) is 0 Å². The first-order valence-corrected chi connectivity index (χ1v) is 8.90. The van der Waals surface area contributed by atoms with Gasteiger partial charge < -0.3 is 20.3 Å². The number of nitrogens with two attached hydrogens (primary N) is 1. The van der Waals surface area contributed by atoms with Crippen LogP contribution in [0.2, 0.25) is 0 Å². The molecule has 4 nitrogen and oxygen atoms in total. The van der Waals surface area contributed by atoms with Gasteiger partial charge in [0.05, 0.1) is 18.0 Å². The Bertz CT molecular complexity index is 408. The van der Waals surface area contributed by atoms with Crippen molar-refractivity contribution in [1.29, 1.82) is 0 Å². The Balaban J connectivity index is 1.64. The highest BCUT2D eigenvalue weighted by atomic mass is 32.1. The molecule has 21 heavy (non-hydrogen) atoms. The lowest BCUT2D eigenvalue weighted by molar-refractivity contribution is 0.111. The predicted octanol–water partition coefficient (Wildman–Crippen LogP) is 2.91. The molecule has 0 aliphatic carbocycles. The number of likely N-dealkylation sites (N-methyl/N-ethyl adjacent to an activating group) is 1. The molecule has 1 aliphatic heterocycles. The van der Waals surface area contributed by atoms with E-state index in [4.69, 9.17) is 10.5 Å². The first kappa shape index (κ1) is 16.6. The second-order valence-electron chi connectivity index (χ2n) is 6.22. The molecule has 2 N–H and O–H groups in total. The van der Waals surface area contributed by atoms with Crippen molar-refractivity contribution in [2.75, 3.05) is 57.6 Å². The largest absolute Gasteiger partial charge is 0.396 e. The number of ether oxygens (including phenoxy) is 1. The SMILES string of the molecule is CN(C)CCOCCCC1CCCN(c2cscc2N)C1. The molecule has 2 heterocycles. The number of hydrogen-bond donors (Lipinski definition) is 1. The molecule has 5 heteroatoms. The monoisotopic (exact) mass is 311 g/mol. The Kier molecular flexibility index (Phi) is 6.80. The Morgan fingerprint density at radius 1 is 1.38 bits per heavy atom. The minimum absolute atomic E-state index is 0.787. The molecule has 120 valence electrons. The van der Waals surface area contributed by atoms with Crippen LogP contribution < -0.4 is 10.6 Å². The van der Waals surface area contributed by atoms with Crippen molar-refractivity contribution >= 4 is 22.7 Å². The topological polar surface area (TPSA) is 41.7 Å². The van der Waals surface area contributed by atoms with E-state index in [1.807, 2.05) is 5.38 Å². The Hall–Kier alpha value is -0.780. The molecule has 1 unspecified atom stereocenters. The van der Waals surface area contributed by atoms with E-state index in [9.17, 15) is 0 Å². The number of piperidine rings is 1. The molecule has 0 aromatic carbocycles. The molecule has 1 aromatic rings. The smallest absolute Gasteiger partial charge is 0.0708 e. The van der Waals surface area contributed by atoms with Crippen LogP contribution >= 0.6 is 11.3 Å². The minimum Gasteiger partial charge on any atom is -0.396 e. The molecule has 1 saturated heterocycles. The van der Waals surface area contributed by atoms with E-state index in [0.717, 1.165) is 44.5 Å². The van der Waals surface area contributed by atoms with Crippen LogP contribution in [0.3, 0.4) is 0 Å². The number of hydrogen-bond acceptors (Lipinski definition) is 5. The highest BCUT2D eigenvalue weighted by Gasteiger charge is 2.21. The quantitative estimate of drug-likeness (QED) is 0.750. The van der Waals surface area contributed by atoms with Crippen molar-refractivity contribution in [1.82, 2.24) is 4.90 Å². The van der Waals surface area contributed by atoms with Gasteiger partial charge in [0.1, 0.15) is 0 Å². The third-order valence-electron chi connectivity index (χ3n) is 4.11. The second kappa shape index (κ2) is 8.61. The lowest BCUT2D eigenvalue weighted by Gasteiger charge is -2.34. The fraction of sp³-hybridized carbons (Fsp3) is 0.750. The van der Waals surface area contributed by atoms with Gasteiger partial charge in [0.2, 0.25) is 0 Å². The van der Waals surface area contributed by atoms with Gasteiger partial charge in [-0.05, 0) is 45.7 Å². The van der Waals surface area contributed by atoms with Crippen molar-refractivity contribution in [3.8, 4) is 0 Å². The van der Waals surface area contributed by atoms with Crippen LogP contribution in [0.5, 0.6) is 0 Å². The molecule has 1 fully saturated rings. The summed E-state index contributed by atoms with van der Waals surface area (Å²) in [5.41, 5.74) is 8.22. The Morgan fingerprint density at radius 2 is 2.24 bits per heavy atom. The fourth-order valence-electron chi connectivity index (χ4n) is 2.90. The van der Waals surface area contributed by atoms with Crippen molar-refractivity contribution in [2.24, 2.45) is 5.92 Å². The van der Waals surface area contributed by atoms with Gasteiger partial charge in [-0.2, -0.15) is 0 Å². The summed E-state index contributed by atoms with van der Waals surface area (Å²) in [4.78, 5) is 4.62. The van der Waals surface area contributed by atoms with E-state index in [1.165, 1.54) is 31.4 Å². The molecule has 0 saturated carbocycles. The molecule has 2 rings (SSSR count). The molecule has 1 atom stereocenters. The zero-order chi connectivity index (χ0) is 15.1. The fourth-order valence-corrected chi connectivity index (χ4v) is 3.65. The molecular formula is C16H29N3OS. The van der Waals surface area contributed by atoms with Gasteiger partial charge in [-0.1, -0.05) is 0 Å². The highest BCUT2D eigenvalue weighted by molar-refractivity contribution is 7.08. The van der Waals surface area contributed by atoms with Gasteiger partial charge in [-0.15, -0.1) is 11.3 Å². The molecule has 0 amide bonds. The lowest BCUT2D eigenvalue weighted by Crippen LogP contribution is -2.35. The van der Waals surface area contributed by atoms with Gasteiger partial charge in [0.25, 0.3) is 0 Å². The van der Waals surface area contributed by atoms with Crippen molar-refractivity contribution < 1.29 is 4.74 Å². The van der Waals surface area contributed by atoms with Gasteiger partial charge in [-0.25, -0.2) is 0 Å². The summed E-state index contributed by atoms with van der Waals surface area (Å²) in [5.74, 6) is 0.787. The van der Waals surface area contributed by atoms with Crippen LogP contribution in [0.15, 0.2) is 10.8 Å². The summed E-state index contributed by atoms with van der Waals surface area (Å²) in [6.07, 6.45) is 5.06. The zero-order valence-electron chi connectivity index (χ0n) is 13.4. The summed E-state index contributed by atoms with van der Waals surface area (Å²) >= 11 is 1.70. The lowest BCUT2D eigenvalue weighted by atomic mass is 9.93. The van der Waals surface area contributed by atoms with Crippen LogP contribution in [-0.2, 0) is 4.74 Å². The van der Waals surface area contributed by atoms with Crippen LogP contribution in [0.25, 0.3) is 0 Å². The molecule has 1 aliphatic rings. The second-order valence-corrected chi connectivity index (χ2v) is 6.97. The van der Waals surface area contributed by atoms with Crippen molar-refractivity contribution in [3.05, 3.63) is 10.8 Å². The van der Waals surface area contributed by atoms with Crippen LogP contribution in [-0.4, -0.2) is 51.8 Å². The van der Waals surface area contributed by atoms with E-state index in [0.29, 0.717) is 0 Å². The molecule has 0 bridgehead atoms. The van der Waals surface area contributed by atoms with E-state index >= 15 is 0 Å². The number of nitrogen functional groups attached to an aromatic ring is 1. The maximum atomic E-state index is 6.04. The van der Waals surface area contributed by atoms with Gasteiger partial charge in [0, 0.05) is 37.0 Å². The minimum atomic E-state index is 0.787. The maximum Gasteiger partial charge on any atom is 0.0708 e. The first-order valence-electron chi connectivity index (χ1n) is 7.96. The average Bonchev–Trinajstić information content (AvgIpc) is 2.89. The molecule has 1 aromatic heterocycles. The Morgan fingerprint density at radius 3 is 2.95 bits per heavy atom. The average molecular weight is 311 g/mol. The maximum absolute atomic E-state index is 6.04. The third-order valence-corrected chi connectivity index (χ3v) is 4.86. The standard InChI is InChI=1S/C16H29N3OS/c1-18(2)8-10-20-9-4-6-14-5-3-7-19(11-14)16-13-21-12-15(16)17/h12-14H,3-11,17H2,1-2H3. The van der Waals surface area contributed by atoms with Crippen molar-refractivity contribution in [2.45, 2.75) is 25.7 Å².